The number of hydrogen-bond acceptors (Lipinski definition) is 2. The molecule has 0 saturated carbocycles. The van der Waals surface area contributed by atoms with E-state index in [0.29, 0.717) is 0 Å². The SMILES string of the molecule is CCN(C)CCCl.O=[PH](O)O. The molecule has 0 aromatic heterocycles. The summed E-state index contributed by atoms with van der Waals surface area (Å²) in [6.07, 6.45) is 0. The van der Waals surface area contributed by atoms with E-state index >= 15 is 0 Å². The first kappa shape index (κ1) is 14.0. The van der Waals surface area contributed by atoms with Gasteiger partial charge < -0.3 is 14.7 Å². The van der Waals surface area contributed by atoms with Gasteiger partial charge in [0, 0.05) is 12.4 Å². The molecule has 0 aromatic carbocycles. The van der Waals surface area contributed by atoms with E-state index in [1.165, 1.54) is 0 Å². The molecule has 0 heterocycles. The Bertz CT molecular complexity index is 99.7. The van der Waals surface area contributed by atoms with E-state index < -0.39 is 8.25 Å². The summed E-state index contributed by atoms with van der Waals surface area (Å²) in [6, 6.07) is 0. The molecule has 0 unspecified atom stereocenters. The first-order valence-corrected chi connectivity index (χ1v) is 5.04. The van der Waals surface area contributed by atoms with E-state index in [1.807, 2.05) is 0 Å². The maximum absolute atomic E-state index is 8.74. The smallest absolute Gasteiger partial charge is 0.314 e. The molecule has 6 heteroatoms. The Labute approximate surface area is 72.7 Å². The van der Waals surface area contributed by atoms with Crippen molar-refractivity contribution in [1.29, 1.82) is 0 Å². The second-order valence-electron chi connectivity index (χ2n) is 1.87. The molecule has 4 nitrogen and oxygen atoms in total. The molecule has 0 aliphatic heterocycles. The molecule has 0 amide bonds. The number of nitrogens with zero attached hydrogens (tertiary/aromatic N) is 1. The molecule has 2 N–H and O–H groups in total. The van der Waals surface area contributed by atoms with E-state index in [0.717, 1.165) is 19.0 Å². The van der Waals surface area contributed by atoms with Crippen LogP contribution >= 0.6 is 19.9 Å². The van der Waals surface area contributed by atoms with Gasteiger partial charge in [0.25, 0.3) is 0 Å². The largest absolute Gasteiger partial charge is 0.326 e. The van der Waals surface area contributed by atoms with E-state index in [2.05, 4.69) is 18.9 Å². The zero-order valence-electron chi connectivity index (χ0n) is 6.75. The fourth-order valence-corrected chi connectivity index (χ4v) is 0.591. The van der Waals surface area contributed by atoms with Gasteiger partial charge in [0.05, 0.1) is 0 Å². The minimum atomic E-state index is -3.13. The van der Waals surface area contributed by atoms with Gasteiger partial charge in [-0.1, -0.05) is 6.92 Å². The molecule has 0 atom stereocenters. The highest BCUT2D eigenvalue weighted by molar-refractivity contribution is 7.30. The van der Waals surface area contributed by atoms with Gasteiger partial charge in [0.2, 0.25) is 0 Å². The molecule has 0 bridgehead atoms. The summed E-state index contributed by atoms with van der Waals surface area (Å²) in [5.74, 6) is 0.740. The summed E-state index contributed by atoms with van der Waals surface area (Å²) in [5, 5.41) is 0. The second kappa shape index (κ2) is 10.4. The van der Waals surface area contributed by atoms with Gasteiger partial charge >= 0.3 is 8.25 Å². The summed E-state index contributed by atoms with van der Waals surface area (Å²) in [5.41, 5.74) is 0. The van der Waals surface area contributed by atoms with Gasteiger partial charge in [-0.25, -0.2) is 0 Å². The van der Waals surface area contributed by atoms with Gasteiger partial charge in [0.15, 0.2) is 0 Å². The van der Waals surface area contributed by atoms with Crippen molar-refractivity contribution in [3.63, 3.8) is 0 Å². The third-order valence-electron chi connectivity index (χ3n) is 1.01. The Hall–Kier alpha value is 0.400. The molecule has 0 spiro atoms. The molecule has 70 valence electrons. The lowest BCUT2D eigenvalue weighted by atomic mass is 10.6. The van der Waals surface area contributed by atoms with Crippen LogP contribution in [-0.4, -0.2) is 40.7 Å². The lowest BCUT2D eigenvalue weighted by Gasteiger charge is -2.09. The molecule has 0 aliphatic rings. The maximum atomic E-state index is 8.74. The van der Waals surface area contributed by atoms with Crippen LogP contribution in [0.25, 0.3) is 0 Å². The van der Waals surface area contributed by atoms with Crippen LogP contribution in [0.4, 0.5) is 0 Å². The van der Waals surface area contributed by atoms with Gasteiger partial charge in [-0.3, -0.25) is 4.57 Å². The van der Waals surface area contributed by atoms with Crippen LogP contribution in [0.1, 0.15) is 6.92 Å². The van der Waals surface area contributed by atoms with Crippen molar-refractivity contribution in [2.45, 2.75) is 6.92 Å². The first-order valence-electron chi connectivity index (χ1n) is 3.21. The number of halogens is 1. The average molecular weight is 204 g/mol. The zero-order chi connectivity index (χ0) is 9.28. The highest BCUT2D eigenvalue weighted by atomic mass is 35.5. The van der Waals surface area contributed by atoms with Gasteiger partial charge in [-0.05, 0) is 13.6 Å². The Morgan fingerprint density at radius 3 is 2.00 bits per heavy atom. The molecule has 11 heavy (non-hydrogen) atoms. The van der Waals surface area contributed by atoms with Crippen LogP contribution in [0.15, 0.2) is 0 Å². The molecule has 0 fully saturated rings. The lowest BCUT2D eigenvalue weighted by molar-refractivity contribution is 0.375. The third kappa shape index (κ3) is 25.2. The molecular formula is C5H15ClNO3P. The molecule has 0 radical (unpaired) electrons. The summed E-state index contributed by atoms with van der Waals surface area (Å²) in [4.78, 5) is 16.5. The van der Waals surface area contributed by atoms with Crippen LogP contribution in [0, 0.1) is 0 Å². The third-order valence-corrected chi connectivity index (χ3v) is 1.18. The molecule has 0 aliphatic carbocycles. The first-order chi connectivity index (χ1) is 5.04. The molecule has 0 rings (SSSR count). The molecular weight excluding hydrogens is 188 g/mol. The number of hydrogen-bond donors (Lipinski definition) is 2. The molecule has 0 aromatic rings. The van der Waals surface area contributed by atoms with Crippen molar-refractivity contribution in [2.75, 3.05) is 26.0 Å². The van der Waals surface area contributed by atoms with Crippen molar-refractivity contribution >= 4 is 19.9 Å². The summed E-state index contributed by atoms with van der Waals surface area (Å²) < 4.78 is 8.74. The van der Waals surface area contributed by atoms with Crippen LogP contribution in [0.2, 0.25) is 0 Å². The van der Waals surface area contributed by atoms with Crippen LogP contribution in [0.3, 0.4) is 0 Å². The predicted molar refractivity (Wildman–Crippen MR) is 47.3 cm³/mol. The predicted octanol–water partition coefficient (Wildman–Crippen LogP) is 0.538. The monoisotopic (exact) mass is 203 g/mol. The van der Waals surface area contributed by atoms with Crippen LogP contribution in [-0.2, 0) is 4.57 Å². The number of alkyl halides is 1. The van der Waals surface area contributed by atoms with Crippen molar-refractivity contribution in [1.82, 2.24) is 4.90 Å². The number of rotatable bonds is 3. The normalized spacial score (nSPS) is 9.73. The van der Waals surface area contributed by atoms with E-state index in [1.54, 1.807) is 0 Å². The van der Waals surface area contributed by atoms with Crippen molar-refractivity contribution < 1.29 is 14.4 Å². The second-order valence-corrected chi connectivity index (χ2v) is 2.81. The van der Waals surface area contributed by atoms with E-state index in [-0.39, 0.29) is 0 Å². The Balaban J connectivity index is 0. The van der Waals surface area contributed by atoms with Crippen LogP contribution in [0.5, 0.6) is 0 Å². The zero-order valence-corrected chi connectivity index (χ0v) is 8.51. The summed E-state index contributed by atoms with van der Waals surface area (Å²) >= 11 is 5.43. The van der Waals surface area contributed by atoms with Gasteiger partial charge in [0.1, 0.15) is 0 Å². The Kier molecular flexibility index (Phi) is 13.2. The molecule has 0 saturated heterocycles. The van der Waals surface area contributed by atoms with E-state index in [4.69, 9.17) is 26.0 Å². The fourth-order valence-electron chi connectivity index (χ4n) is 0.302. The highest BCUT2D eigenvalue weighted by Crippen LogP contribution is 1.98. The Morgan fingerprint density at radius 1 is 1.55 bits per heavy atom. The quantitative estimate of drug-likeness (QED) is 0.519. The summed E-state index contributed by atoms with van der Waals surface area (Å²) in [7, 11) is -1.07. The fraction of sp³-hybridized carbons (Fsp3) is 1.00. The van der Waals surface area contributed by atoms with Gasteiger partial charge in [-0.15, -0.1) is 11.6 Å². The maximum Gasteiger partial charge on any atom is 0.314 e. The average Bonchev–Trinajstić information content (AvgIpc) is 1.87. The van der Waals surface area contributed by atoms with Gasteiger partial charge in [-0.2, -0.15) is 0 Å². The van der Waals surface area contributed by atoms with Crippen molar-refractivity contribution in [3.05, 3.63) is 0 Å². The minimum absolute atomic E-state index is 0.740. The van der Waals surface area contributed by atoms with Crippen molar-refractivity contribution in [2.24, 2.45) is 0 Å². The van der Waals surface area contributed by atoms with E-state index in [9.17, 15) is 0 Å². The van der Waals surface area contributed by atoms with Crippen LogP contribution < -0.4 is 0 Å². The standard InChI is InChI=1S/C5H12ClN.H3O3P/c1-3-7(2)5-4-6;1-4(2)3/h3-5H2,1-2H3;4H,(H2,1,2,3). The summed E-state index contributed by atoms with van der Waals surface area (Å²) in [6.45, 7) is 4.21. The van der Waals surface area contributed by atoms with Crippen molar-refractivity contribution in [3.8, 4) is 0 Å². The lowest BCUT2D eigenvalue weighted by Crippen LogP contribution is -2.19. The highest BCUT2D eigenvalue weighted by Gasteiger charge is 1.87. The Morgan fingerprint density at radius 2 is 1.91 bits per heavy atom. The topological polar surface area (TPSA) is 60.8 Å². The minimum Gasteiger partial charge on any atom is -0.326 e.